The van der Waals surface area contributed by atoms with Crippen molar-refractivity contribution in [1.29, 1.82) is 0 Å². The molecule has 0 saturated carbocycles. The lowest BCUT2D eigenvalue weighted by atomic mass is 10.0. The summed E-state index contributed by atoms with van der Waals surface area (Å²) in [4.78, 5) is 14.8. The van der Waals surface area contributed by atoms with E-state index < -0.39 is 21.1 Å². The lowest BCUT2D eigenvalue weighted by Crippen LogP contribution is -2.30. The minimum atomic E-state index is -3.57. The lowest BCUT2D eigenvalue weighted by molar-refractivity contribution is 0.0714. The molecule has 0 radical (unpaired) electrons. The lowest BCUT2D eigenvalue weighted by Gasteiger charge is -2.22. The molecule has 1 aliphatic heterocycles. The van der Waals surface area contributed by atoms with Gasteiger partial charge in [-0.2, -0.15) is 0 Å². The van der Waals surface area contributed by atoms with Gasteiger partial charge in [-0.05, 0) is 29.7 Å². The molecule has 1 aromatic heterocycles. The van der Waals surface area contributed by atoms with Crippen LogP contribution in [0.5, 0.6) is 0 Å². The van der Waals surface area contributed by atoms with Crippen LogP contribution in [0.2, 0.25) is 0 Å². The summed E-state index contributed by atoms with van der Waals surface area (Å²) in [6, 6.07) is 12.9. The molecule has 0 N–H and O–H groups in total. The Hall–Kier alpha value is -2.74. The molecule has 1 amide bonds. The molecular formula is C18H17N3O4S. The normalized spacial score (nSPS) is 17.7. The molecule has 2 aromatic carbocycles. The average molecular weight is 371 g/mol. The van der Waals surface area contributed by atoms with Crippen LogP contribution in [0.25, 0.3) is 10.8 Å². The Morgan fingerprint density at radius 3 is 2.69 bits per heavy atom. The van der Waals surface area contributed by atoms with Crippen LogP contribution < -0.4 is 0 Å². The van der Waals surface area contributed by atoms with Crippen molar-refractivity contribution in [2.75, 3.05) is 12.8 Å². The number of carbonyl (C=O) groups is 1. The van der Waals surface area contributed by atoms with Crippen LogP contribution in [0.4, 0.5) is 0 Å². The molecule has 1 atom stereocenters. The van der Waals surface area contributed by atoms with E-state index >= 15 is 0 Å². The van der Waals surface area contributed by atoms with Crippen LogP contribution in [-0.4, -0.2) is 42.2 Å². The van der Waals surface area contributed by atoms with Gasteiger partial charge in [0.15, 0.2) is 0 Å². The van der Waals surface area contributed by atoms with Gasteiger partial charge in [0, 0.05) is 18.4 Å². The predicted molar refractivity (Wildman–Crippen MR) is 94.4 cm³/mol. The minimum absolute atomic E-state index is 0.122. The van der Waals surface area contributed by atoms with E-state index in [-0.39, 0.29) is 11.8 Å². The average Bonchev–Trinajstić information content (AvgIpc) is 3.29. The van der Waals surface area contributed by atoms with Crippen molar-refractivity contribution >= 4 is 26.5 Å². The van der Waals surface area contributed by atoms with Crippen LogP contribution in [0.1, 0.15) is 35.1 Å². The highest BCUT2D eigenvalue weighted by Crippen LogP contribution is 2.34. The zero-order chi connectivity index (χ0) is 18.3. The second-order valence-electron chi connectivity index (χ2n) is 6.36. The molecule has 4 rings (SSSR count). The highest BCUT2D eigenvalue weighted by Gasteiger charge is 2.35. The summed E-state index contributed by atoms with van der Waals surface area (Å²) < 4.78 is 28.5. The van der Waals surface area contributed by atoms with Gasteiger partial charge in [-0.3, -0.25) is 4.79 Å². The van der Waals surface area contributed by atoms with Crippen molar-refractivity contribution in [3.05, 3.63) is 53.9 Å². The van der Waals surface area contributed by atoms with E-state index in [9.17, 15) is 13.2 Å². The van der Waals surface area contributed by atoms with E-state index in [0.717, 1.165) is 23.4 Å². The molecule has 1 saturated heterocycles. The Bertz CT molecular complexity index is 1090. The number of amides is 1. The number of rotatable bonds is 3. The fourth-order valence-corrected chi connectivity index (χ4v) is 3.76. The van der Waals surface area contributed by atoms with Crippen LogP contribution in [-0.2, 0) is 9.84 Å². The molecule has 0 aliphatic carbocycles. The first-order valence-corrected chi connectivity index (χ1v) is 10.2. The summed E-state index contributed by atoms with van der Waals surface area (Å²) in [5.74, 6) is 0.0416. The van der Waals surface area contributed by atoms with E-state index in [0.29, 0.717) is 18.5 Å². The van der Waals surface area contributed by atoms with Crippen LogP contribution in [0.15, 0.2) is 52.1 Å². The smallest absolute Gasteiger partial charge is 0.335 e. The van der Waals surface area contributed by atoms with Crippen molar-refractivity contribution in [1.82, 2.24) is 15.1 Å². The van der Waals surface area contributed by atoms with Crippen molar-refractivity contribution in [3.8, 4) is 0 Å². The van der Waals surface area contributed by atoms with Gasteiger partial charge in [0.2, 0.25) is 15.7 Å². The fraction of sp³-hybridized carbons (Fsp3) is 0.278. The number of likely N-dealkylation sites (tertiary alicyclic amines) is 1. The van der Waals surface area contributed by atoms with Crippen molar-refractivity contribution in [2.45, 2.75) is 24.1 Å². The van der Waals surface area contributed by atoms with Gasteiger partial charge in [0.05, 0.1) is 0 Å². The molecular weight excluding hydrogens is 354 g/mol. The Labute approximate surface area is 150 Å². The van der Waals surface area contributed by atoms with Crippen molar-refractivity contribution < 1.29 is 17.6 Å². The monoisotopic (exact) mass is 371 g/mol. The number of hydrogen-bond acceptors (Lipinski definition) is 6. The molecule has 1 aliphatic rings. The minimum Gasteiger partial charge on any atom is -0.410 e. The number of carbonyl (C=O) groups excluding carboxylic acids is 1. The van der Waals surface area contributed by atoms with E-state index in [1.165, 1.54) is 0 Å². The molecule has 0 spiro atoms. The molecule has 3 aromatic rings. The van der Waals surface area contributed by atoms with E-state index in [1.807, 2.05) is 36.4 Å². The second kappa shape index (κ2) is 6.21. The summed E-state index contributed by atoms with van der Waals surface area (Å²) in [6.45, 7) is 0.559. The van der Waals surface area contributed by atoms with Gasteiger partial charge < -0.3 is 9.32 Å². The zero-order valence-corrected chi connectivity index (χ0v) is 14.9. The highest BCUT2D eigenvalue weighted by molar-refractivity contribution is 7.90. The SMILES string of the molecule is CS(=O)(=O)c1nnc([C@@H]2CCCN2C(=O)c2cccc3ccccc23)o1. The maximum absolute atomic E-state index is 13.2. The van der Waals surface area contributed by atoms with Gasteiger partial charge >= 0.3 is 5.22 Å². The molecule has 0 bridgehead atoms. The number of sulfone groups is 1. The standard InChI is InChI=1S/C18H17N3O4S/c1-26(23,24)18-20-19-16(25-18)15-10-5-11-21(15)17(22)14-9-4-7-12-6-2-3-8-13(12)14/h2-4,6-9,15H,5,10-11H2,1H3/t15-/m0/s1. The van der Waals surface area contributed by atoms with Gasteiger partial charge in [0.25, 0.3) is 5.91 Å². The summed E-state index contributed by atoms with van der Waals surface area (Å²) in [5.41, 5.74) is 0.609. The first-order chi connectivity index (χ1) is 12.4. The number of nitrogens with zero attached hydrogens (tertiary/aromatic N) is 3. The third-order valence-corrected chi connectivity index (χ3v) is 5.36. The molecule has 0 unspecified atom stereocenters. The number of hydrogen-bond donors (Lipinski definition) is 0. The molecule has 7 nitrogen and oxygen atoms in total. The predicted octanol–water partition coefficient (Wildman–Crippen LogP) is 2.60. The topological polar surface area (TPSA) is 93.4 Å². The molecule has 26 heavy (non-hydrogen) atoms. The molecule has 134 valence electrons. The van der Waals surface area contributed by atoms with Crippen molar-refractivity contribution in [2.24, 2.45) is 0 Å². The van der Waals surface area contributed by atoms with E-state index in [1.54, 1.807) is 11.0 Å². The van der Waals surface area contributed by atoms with Gasteiger partial charge in [-0.1, -0.05) is 41.5 Å². The quantitative estimate of drug-likeness (QED) is 0.702. The van der Waals surface area contributed by atoms with Crippen LogP contribution >= 0.6 is 0 Å². The largest absolute Gasteiger partial charge is 0.410 e. The Morgan fingerprint density at radius 1 is 1.15 bits per heavy atom. The number of aromatic nitrogens is 2. The Morgan fingerprint density at radius 2 is 1.92 bits per heavy atom. The third-order valence-electron chi connectivity index (χ3n) is 4.56. The second-order valence-corrected chi connectivity index (χ2v) is 8.26. The summed E-state index contributed by atoms with van der Waals surface area (Å²) in [6.07, 6.45) is 2.46. The first-order valence-electron chi connectivity index (χ1n) is 8.27. The summed E-state index contributed by atoms with van der Waals surface area (Å²) >= 11 is 0. The Kier molecular flexibility index (Phi) is 3.99. The van der Waals surface area contributed by atoms with Gasteiger partial charge in [-0.25, -0.2) is 8.42 Å². The van der Waals surface area contributed by atoms with Gasteiger partial charge in [-0.15, -0.1) is 5.10 Å². The van der Waals surface area contributed by atoms with Crippen molar-refractivity contribution in [3.63, 3.8) is 0 Å². The first kappa shape index (κ1) is 16.7. The number of fused-ring (bicyclic) bond motifs is 1. The van der Waals surface area contributed by atoms with Gasteiger partial charge in [0.1, 0.15) is 6.04 Å². The highest BCUT2D eigenvalue weighted by atomic mass is 32.2. The molecule has 8 heteroatoms. The molecule has 2 heterocycles. The summed E-state index contributed by atoms with van der Waals surface area (Å²) in [7, 11) is -3.57. The zero-order valence-electron chi connectivity index (χ0n) is 14.1. The third kappa shape index (κ3) is 2.86. The van der Waals surface area contributed by atoms with E-state index in [4.69, 9.17) is 4.42 Å². The number of benzene rings is 2. The maximum Gasteiger partial charge on any atom is 0.335 e. The maximum atomic E-state index is 13.2. The molecule has 1 fully saturated rings. The van der Waals surface area contributed by atoms with E-state index in [2.05, 4.69) is 10.2 Å². The summed E-state index contributed by atoms with van der Waals surface area (Å²) in [5, 5.41) is 8.92. The van der Waals surface area contributed by atoms with Crippen LogP contribution in [0.3, 0.4) is 0 Å². The Balaban J connectivity index is 1.70. The fourth-order valence-electron chi connectivity index (χ4n) is 3.34. The van der Waals surface area contributed by atoms with Crippen LogP contribution in [0, 0.1) is 0 Å².